The van der Waals surface area contributed by atoms with Crippen molar-refractivity contribution in [3.63, 3.8) is 0 Å². The smallest absolute Gasteiger partial charge is 0.138 e. The van der Waals surface area contributed by atoms with Gasteiger partial charge in [0.05, 0.1) is 18.4 Å². The summed E-state index contributed by atoms with van der Waals surface area (Å²) in [6, 6.07) is 0. The molecule has 2 rings (SSSR count). The largest absolute Gasteiger partial charge is 0.361 e. The molecule has 16 heavy (non-hydrogen) atoms. The molecule has 2 aromatic rings. The van der Waals surface area contributed by atoms with Crippen LogP contribution >= 0.6 is 0 Å². The Bertz CT molecular complexity index is 453. The van der Waals surface area contributed by atoms with Crippen molar-refractivity contribution >= 4 is 0 Å². The van der Waals surface area contributed by atoms with Crippen molar-refractivity contribution in [2.75, 3.05) is 7.05 Å². The SMILES string of the molecule is CNCc1cnn(Cc2c(C)noc2C)c1. The molecule has 0 aliphatic rings. The molecule has 0 saturated carbocycles. The van der Waals surface area contributed by atoms with E-state index in [1.54, 1.807) is 0 Å². The monoisotopic (exact) mass is 220 g/mol. The molecule has 0 atom stereocenters. The number of aryl methyl sites for hydroxylation is 2. The second-order valence-electron chi connectivity index (χ2n) is 3.88. The normalized spacial score (nSPS) is 10.9. The van der Waals surface area contributed by atoms with Crippen LogP contribution in [0.25, 0.3) is 0 Å². The van der Waals surface area contributed by atoms with Crippen molar-refractivity contribution in [1.29, 1.82) is 0 Å². The molecule has 0 unspecified atom stereocenters. The third-order valence-electron chi connectivity index (χ3n) is 2.57. The van der Waals surface area contributed by atoms with Crippen LogP contribution in [-0.2, 0) is 13.1 Å². The van der Waals surface area contributed by atoms with Crippen molar-refractivity contribution in [2.24, 2.45) is 0 Å². The number of rotatable bonds is 4. The molecule has 0 spiro atoms. The van der Waals surface area contributed by atoms with Crippen LogP contribution < -0.4 is 5.32 Å². The first-order chi connectivity index (χ1) is 7.70. The second kappa shape index (κ2) is 4.49. The van der Waals surface area contributed by atoms with Gasteiger partial charge >= 0.3 is 0 Å². The average Bonchev–Trinajstić information content (AvgIpc) is 2.81. The highest BCUT2D eigenvalue weighted by molar-refractivity contribution is 5.21. The van der Waals surface area contributed by atoms with Gasteiger partial charge in [-0.25, -0.2) is 0 Å². The number of hydrogen-bond acceptors (Lipinski definition) is 4. The van der Waals surface area contributed by atoms with Crippen molar-refractivity contribution in [1.82, 2.24) is 20.3 Å². The van der Waals surface area contributed by atoms with Gasteiger partial charge in [-0.3, -0.25) is 4.68 Å². The third kappa shape index (κ3) is 2.14. The molecule has 0 bridgehead atoms. The summed E-state index contributed by atoms with van der Waals surface area (Å²) in [4.78, 5) is 0. The molecule has 0 fully saturated rings. The van der Waals surface area contributed by atoms with E-state index < -0.39 is 0 Å². The molecule has 0 aromatic carbocycles. The Morgan fingerprint density at radius 2 is 2.25 bits per heavy atom. The molecule has 2 aromatic heterocycles. The fraction of sp³-hybridized carbons (Fsp3) is 0.455. The fourth-order valence-corrected chi connectivity index (χ4v) is 1.68. The maximum Gasteiger partial charge on any atom is 0.138 e. The van der Waals surface area contributed by atoms with Crippen LogP contribution in [0.15, 0.2) is 16.9 Å². The van der Waals surface area contributed by atoms with Gasteiger partial charge in [-0.2, -0.15) is 5.10 Å². The van der Waals surface area contributed by atoms with E-state index >= 15 is 0 Å². The van der Waals surface area contributed by atoms with Crippen LogP contribution in [0, 0.1) is 13.8 Å². The highest BCUT2D eigenvalue weighted by atomic mass is 16.5. The predicted octanol–water partition coefficient (Wildman–Crippen LogP) is 1.26. The van der Waals surface area contributed by atoms with Crippen LogP contribution in [0.4, 0.5) is 0 Å². The minimum Gasteiger partial charge on any atom is -0.361 e. The Kier molecular flexibility index (Phi) is 3.05. The summed E-state index contributed by atoms with van der Waals surface area (Å²) in [6.45, 7) is 5.42. The fourth-order valence-electron chi connectivity index (χ4n) is 1.68. The third-order valence-corrected chi connectivity index (χ3v) is 2.57. The van der Waals surface area contributed by atoms with Gasteiger partial charge in [0.15, 0.2) is 0 Å². The van der Waals surface area contributed by atoms with E-state index in [2.05, 4.69) is 15.6 Å². The lowest BCUT2D eigenvalue weighted by Crippen LogP contribution is -2.04. The molecule has 1 N–H and O–H groups in total. The first-order valence-electron chi connectivity index (χ1n) is 5.28. The zero-order chi connectivity index (χ0) is 11.5. The molecular weight excluding hydrogens is 204 g/mol. The lowest BCUT2D eigenvalue weighted by molar-refractivity contribution is 0.391. The van der Waals surface area contributed by atoms with Crippen LogP contribution in [0.2, 0.25) is 0 Å². The Balaban J connectivity index is 2.14. The molecule has 5 heteroatoms. The molecule has 86 valence electrons. The summed E-state index contributed by atoms with van der Waals surface area (Å²) >= 11 is 0. The van der Waals surface area contributed by atoms with Crippen molar-refractivity contribution in [2.45, 2.75) is 26.9 Å². The minimum atomic E-state index is 0.713. The van der Waals surface area contributed by atoms with Crippen LogP contribution in [0.1, 0.15) is 22.6 Å². The van der Waals surface area contributed by atoms with Gasteiger partial charge in [-0.1, -0.05) is 5.16 Å². The molecular formula is C11H16N4O. The highest BCUT2D eigenvalue weighted by Gasteiger charge is 2.09. The van der Waals surface area contributed by atoms with Crippen LogP contribution in [-0.4, -0.2) is 22.0 Å². The van der Waals surface area contributed by atoms with Gasteiger partial charge in [-0.05, 0) is 20.9 Å². The molecule has 0 aliphatic carbocycles. The van der Waals surface area contributed by atoms with Gasteiger partial charge in [-0.15, -0.1) is 0 Å². The van der Waals surface area contributed by atoms with E-state index in [1.807, 2.05) is 38.0 Å². The summed E-state index contributed by atoms with van der Waals surface area (Å²) in [7, 11) is 1.92. The van der Waals surface area contributed by atoms with Crippen molar-refractivity contribution in [3.8, 4) is 0 Å². The molecule has 0 saturated heterocycles. The summed E-state index contributed by atoms with van der Waals surface area (Å²) in [6.07, 6.45) is 3.90. The van der Waals surface area contributed by atoms with Gasteiger partial charge in [0.1, 0.15) is 5.76 Å². The van der Waals surface area contributed by atoms with Gasteiger partial charge < -0.3 is 9.84 Å². The zero-order valence-electron chi connectivity index (χ0n) is 9.82. The van der Waals surface area contributed by atoms with E-state index in [-0.39, 0.29) is 0 Å². The highest BCUT2D eigenvalue weighted by Crippen LogP contribution is 2.13. The average molecular weight is 220 g/mol. The first kappa shape index (κ1) is 10.9. The second-order valence-corrected chi connectivity index (χ2v) is 3.88. The lowest BCUT2D eigenvalue weighted by atomic mass is 10.2. The Labute approximate surface area is 94.4 Å². The summed E-state index contributed by atoms with van der Waals surface area (Å²) in [5, 5.41) is 11.3. The maximum absolute atomic E-state index is 5.12. The van der Waals surface area contributed by atoms with Crippen molar-refractivity contribution < 1.29 is 4.52 Å². The number of nitrogens with one attached hydrogen (secondary N) is 1. The maximum atomic E-state index is 5.12. The van der Waals surface area contributed by atoms with E-state index in [4.69, 9.17) is 4.52 Å². The van der Waals surface area contributed by atoms with Gasteiger partial charge in [0.2, 0.25) is 0 Å². The van der Waals surface area contributed by atoms with E-state index in [0.29, 0.717) is 6.54 Å². The summed E-state index contributed by atoms with van der Waals surface area (Å²) in [5.74, 6) is 0.864. The molecule has 0 amide bonds. The molecule has 0 aliphatic heterocycles. The lowest BCUT2D eigenvalue weighted by Gasteiger charge is -2.00. The number of aromatic nitrogens is 3. The molecule has 5 nitrogen and oxygen atoms in total. The van der Waals surface area contributed by atoms with E-state index in [1.165, 1.54) is 5.56 Å². The Morgan fingerprint density at radius 3 is 2.88 bits per heavy atom. The van der Waals surface area contributed by atoms with Crippen molar-refractivity contribution in [3.05, 3.63) is 35.0 Å². The quantitative estimate of drug-likeness (QED) is 0.842. The van der Waals surface area contributed by atoms with Crippen LogP contribution in [0.3, 0.4) is 0 Å². The van der Waals surface area contributed by atoms with E-state index in [9.17, 15) is 0 Å². The molecule has 2 heterocycles. The summed E-state index contributed by atoms with van der Waals surface area (Å²) in [5.41, 5.74) is 3.22. The van der Waals surface area contributed by atoms with Crippen LogP contribution in [0.5, 0.6) is 0 Å². The Hall–Kier alpha value is -1.62. The number of hydrogen-bond donors (Lipinski definition) is 1. The Morgan fingerprint density at radius 1 is 1.44 bits per heavy atom. The van der Waals surface area contributed by atoms with Gasteiger partial charge in [0.25, 0.3) is 0 Å². The minimum absolute atomic E-state index is 0.713. The first-order valence-corrected chi connectivity index (χ1v) is 5.28. The standard InChI is InChI=1S/C11H16N4O/c1-8-11(9(2)16-14-8)7-15-6-10(4-12-3)5-13-15/h5-6,12H,4,7H2,1-3H3. The van der Waals surface area contributed by atoms with E-state index in [0.717, 1.165) is 23.6 Å². The topological polar surface area (TPSA) is 55.9 Å². The van der Waals surface area contributed by atoms with Gasteiger partial charge in [0, 0.05) is 23.9 Å². The number of nitrogens with zero attached hydrogens (tertiary/aromatic N) is 3. The molecule has 0 radical (unpaired) electrons. The zero-order valence-corrected chi connectivity index (χ0v) is 9.82. The predicted molar refractivity (Wildman–Crippen MR) is 60.1 cm³/mol. The summed E-state index contributed by atoms with van der Waals surface area (Å²) < 4.78 is 7.02.